The fourth-order valence-electron chi connectivity index (χ4n) is 7.39. The second-order valence-corrected chi connectivity index (χ2v) is 12.3. The highest BCUT2D eigenvalue weighted by molar-refractivity contribution is 7.11. The third kappa shape index (κ3) is 4.86. The van der Waals surface area contributed by atoms with Crippen LogP contribution in [0.1, 0.15) is 45.7 Å². The lowest BCUT2D eigenvalue weighted by Crippen LogP contribution is -2.75. The van der Waals surface area contributed by atoms with Crippen LogP contribution in [0.3, 0.4) is 0 Å². The van der Waals surface area contributed by atoms with E-state index < -0.39 is 34.0 Å². The Kier molecular flexibility index (Phi) is 5.17. The maximum absolute atomic E-state index is 8.62. The lowest BCUT2D eigenvalue weighted by atomic mass is 9.20. The molecule has 0 radical (unpaired) electrons. The van der Waals surface area contributed by atoms with E-state index >= 15 is 0 Å². The Morgan fingerprint density at radius 2 is 1.02 bits per heavy atom. The summed E-state index contributed by atoms with van der Waals surface area (Å²) in [5.74, 6) is 0. The number of aromatic nitrogens is 1. The molecule has 1 nitrogen and oxygen atoms in total. The van der Waals surface area contributed by atoms with E-state index in [0.29, 0.717) is 22.1 Å². The second-order valence-electron chi connectivity index (χ2n) is 12.3. The fraction of sp³-hybridized carbons (Fsp3) is 0.167. The minimum absolute atomic E-state index is 0.189. The van der Waals surface area contributed by atoms with Crippen molar-refractivity contribution in [1.29, 1.82) is 0 Å². The van der Waals surface area contributed by atoms with Crippen molar-refractivity contribution < 1.29 is 16.9 Å². The molecule has 0 saturated heterocycles. The van der Waals surface area contributed by atoms with Crippen LogP contribution in [0.2, 0.25) is 0 Å². The van der Waals surface area contributed by atoms with E-state index in [1.165, 1.54) is 0 Å². The number of pyridine rings is 1. The molecule has 0 spiro atoms. The molecule has 3 heteroatoms. The SMILES string of the molecule is [2H]C([2H])([2H])c1c[n+](C)c(-c2ccccc2C)cc1-c1ccc2c(c1)B(c1c(C)cccc1C([2H])([2H])[2H])c1ccccc1B2c1c(C)cccc1C([2H])([2H])[2H]. The van der Waals surface area contributed by atoms with Gasteiger partial charge in [0.25, 0.3) is 0 Å². The fourth-order valence-corrected chi connectivity index (χ4v) is 7.39. The lowest BCUT2D eigenvalue weighted by molar-refractivity contribution is -0.660. The van der Waals surface area contributed by atoms with Gasteiger partial charge in [-0.25, -0.2) is 4.57 Å². The van der Waals surface area contributed by atoms with Gasteiger partial charge in [0, 0.05) is 29.5 Å². The van der Waals surface area contributed by atoms with Crippen LogP contribution in [0.15, 0.2) is 115 Å². The Morgan fingerprint density at radius 1 is 0.489 bits per heavy atom. The van der Waals surface area contributed by atoms with E-state index in [1.54, 1.807) is 30.5 Å². The van der Waals surface area contributed by atoms with Gasteiger partial charge in [-0.3, -0.25) is 0 Å². The predicted molar refractivity (Wildman–Crippen MR) is 196 cm³/mol. The molecule has 0 saturated carbocycles. The van der Waals surface area contributed by atoms with Crippen molar-refractivity contribution in [1.82, 2.24) is 0 Å². The first kappa shape index (κ1) is 20.4. The number of fused-ring (bicyclic) bond motifs is 2. The summed E-state index contributed by atoms with van der Waals surface area (Å²) >= 11 is 0. The summed E-state index contributed by atoms with van der Waals surface area (Å²) in [6, 6.07) is 34.5. The van der Waals surface area contributed by atoms with E-state index in [-0.39, 0.29) is 16.7 Å². The number of benzene rings is 5. The molecular weight excluding hydrogens is 540 g/mol. The molecule has 1 aliphatic heterocycles. The Morgan fingerprint density at radius 3 is 1.64 bits per heavy atom. The van der Waals surface area contributed by atoms with Crippen molar-refractivity contribution in [2.45, 2.75) is 41.3 Å². The molecular formula is C42H40B2N+. The van der Waals surface area contributed by atoms with E-state index in [4.69, 9.17) is 12.3 Å². The average Bonchev–Trinajstić information content (AvgIpc) is 3.10. The molecule has 7 rings (SSSR count). The maximum atomic E-state index is 8.62. The third-order valence-corrected chi connectivity index (χ3v) is 9.56. The number of hydrogen-bond donors (Lipinski definition) is 0. The van der Waals surface area contributed by atoms with Gasteiger partial charge in [0.05, 0.1) is 0 Å². The molecule has 1 aromatic heterocycles. The third-order valence-electron chi connectivity index (χ3n) is 9.56. The van der Waals surface area contributed by atoms with Crippen LogP contribution in [0, 0.1) is 41.3 Å². The van der Waals surface area contributed by atoms with Gasteiger partial charge < -0.3 is 0 Å². The standard InChI is InChI=1S/C42H40B2N/c1-27-14-8-9-19-34(27)40-25-35(32(6)26-45(40)7)33-22-23-38-39(24-33)44(42-30(4)17-13-18-31(42)5)37-21-11-10-20-36(37)43(38)41-28(2)15-12-16-29(41)3/h8-26H,1-7H3/q+1/i2D3,4D3,6D3. The topological polar surface area (TPSA) is 3.88 Å². The lowest BCUT2D eigenvalue weighted by Gasteiger charge is -2.34. The van der Waals surface area contributed by atoms with Gasteiger partial charge >= 0.3 is 0 Å². The zero-order valence-electron chi connectivity index (χ0n) is 35.1. The normalized spacial score (nSPS) is 16.0. The van der Waals surface area contributed by atoms with Crippen LogP contribution in [0.5, 0.6) is 0 Å². The molecule has 0 aliphatic carbocycles. The van der Waals surface area contributed by atoms with Crippen molar-refractivity contribution in [2.24, 2.45) is 7.05 Å². The summed E-state index contributed by atoms with van der Waals surface area (Å²) < 4.78 is 79.2. The molecule has 218 valence electrons. The van der Waals surface area contributed by atoms with Crippen LogP contribution in [-0.4, -0.2) is 13.4 Å². The van der Waals surface area contributed by atoms with Crippen LogP contribution < -0.4 is 37.3 Å². The van der Waals surface area contributed by atoms with Crippen LogP contribution >= 0.6 is 0 Å². The summed E-state index contributed by atoms with van der Waals surface area (Å²) in [6.07, 6.45) is 1.68. The second kappa shape index (κ2) is 11.4. The molecule has 0 fully saturated rings. The van der Waals surface area contributed by atoms with Crippen molar-refractivity contribution in [3.8, 4) is 22.4 Å². The first-order chi connectivity index (χ1) is 25.4. The Bertz CT molecular complexity index is 2430. The van der Waals surface area contributed by atoms with Gasteiger partial charge in [-0.15, -0.1) is 0 Å². The molecule has 0 bridgehead atoms. The molecule has 0 unspecified atom stereocenters. The van der Waals surface area contributed by atoms with Gasteiger partial charge in [0.15, 0.2) is 6.20 Å². The molecule has 0 N–H and O–H groups in total. The Hall–Kier alpha value is -4.62. The van der Waals surface area contributed by atoms with E-state index in [9.17, 15) is 0 Å². The summed E-state index contributed by atoms with van der Waals surface area (Å²) in [5, 5.41) is 0. The van der Waals surface area contributed by atoms with Gasteiger partial charge in [0.1, 0.15) is 7.05 Å². The van der Waals surface area contributed by atoms with Crippen molar-refractivity contribution in [3.05, 3.63) is 149 Å². The molecule has 5 aromatic carbocycles. The number of aryl methyl sites for hydroxylation is 7. The Balaban J connectivity index is 1.61. The van der Waals surface area contributed by atoms with Crippen LogP contribution in [-0.2, 0) is 7.05 Å². The molecule has 0 atom stereocenters. The highest BCUT2D eigenvalue weighted by Crippen LogP contribution is 2.28. The van der Waals surface area contributed by atoms with Crippen molar-refractivity contribution in [2.75, 3.05) is 0 Å². The average molecular weight is 589 g/mol. The maximum Gasteiger partial charge on any atom is 0.240 e. The van der Waals surface area contributed by atoms with Gasteiger partial charge in [0.2, 0.25) is 19.1 Å². The number of rotatable bonds is 4. The van der Waals surface area contributed by atoms with Crippen molar-refractivity contribution >= 4 is 46.2 Å². The smallest absolute Gasteiger partial charge is 0.201 e. The van der Waals surface area contributed by atoms with Gasteiger partial charge in [-0.05, 0) is 64.1 Å². The zero-order chi connectivity index (χ0) is 38.9. The Labute approximate surface area is 282 Å². The minimum atomic E-state index is -2.44. The highest BCUT2D eigenvalue weighted by Gasteiger charge is 2.40. The van der Waals surface area contributed by atoms with Crippen LogP contribution in [0.4, 0.5) is 0 Å². The summed E-state index contributed by atoms with van der Waals surface area (Å²) in [6.45, 7) is -2.40. The van der Waals surface area contributed by atoms with Gasteiger partial charge in [-0.2, -0.15) is 0 Å². The number of hydrogen-bond acceptors (Lipinski definition) is 0. The van der Waals surface area contributed by atoms with Gasteiger partial charge in [-0.1, -0.05) is 152 Å². The van der Waals surface area contributed by atoms with Crippen LogP contribution in [0.25, 0.3) is 22.4 Å². The van der Waals surface area contributed by atoms with E-state index in [1.807, 2.05) is 117 Å². The zero-order valence-corrected chi connectivity index (χ0v) is 26.1. The highest BCUT2D eigenvalue weighted by atomic mass is 14.9. The minimum Gasteiger partial charge on any atom is -0.201 e. The quantitative estimate of drug-likeness (QED) is 0.200. The molecule has 6 aromatic rings. The monoisotopic (exact) mass is 589 g/mol. The molecule has 2 heterocycles. The molecule has 1 aliphatic rings. The predicted octanol–water partition coefficient (Wildman–Crippen LogP) is 5.04. The summed E-state index contributed by atoms with van der Waals surface area (Å²) in [7, 11) is 1.85. The summed E-state index contributed by atoms with van der Waals surface area (Å²) in [5.41, 5.74) is 11.2. The van der Waals surface area contributed by atoms with Crippen molar-refractivity contribution in [3.63, 3.8) is 0 Å². The van der Waals surface area contributed by atoms with E-state index in [0.717, 1.165) is 49.8 Å². The van der Waals surface area contributed by atoms with E-state index in [2.05, 4.69) is 0 Å². The number of nitrogens with zero attached hydrogens (tertiary/aromatic N) is 1. The summed E-state index contributed by atoms with van der Waals surface area (Å²) in [4.78, 5) is 0. The first-order valence-electron chi connectivity index (χ1n) is 19.9. The molecule has 0 amide bonds. The first-order valence-corrected chi connectivity index (χ1v) is 15.4. The largest absolute Gasteiger partial charge is 0.240 e. The molecule has 45 heavy (non-hydrogen) atoms.